The molecule has 9 aromatic carbocycles. The number of rotatable bonds is 8. The quantitative estimate of drug-likeness (QED) is 0.153. The Morgan fingerprint density at radius 1 is 0.265 bits per heavy atom. The average molecular weight is 869 g/mol. The minimum absolute atomic E-state index is 0.538. The van der Waals surface area contributed by atoms with E-state index < -0.39 is 0 Å². The van der Waals surface area contributed by atoms with E-state index in [1.54, 1.807) is 0 Å². The van der Waals surface area contributed by atoms with Crippen molar-refractivity contribution in [1.29, 1.82) is 0 Å². The molecule has 0 N–H and O–H groups in total. The van der Waals surface area contributed by atoms with Gasteiger partial charge in [-0.2, -0.15) is 9.97 Å². The zero-order valence-electron chi connectivity index (χ0n) is 36.8. The maximum atomic E-state index is 5.46. The molecule has 4 aromatic heterocycles. The van der Waals surface area contributed by atoms with E-state index in [-0.39, 0.29) is 0 Å². The van der Waals surface area contributed by atoms with Gasteiger partial charge in [0, 0.05) is 49.5 Å². The van der Waals surface area contributed by atoms with E-state index in [1.807, 2.05) is 30.3 Å². The third kappa shape index (κ3) is 6.66. The zero-order chi connectivity index (χ0) is 45.0. The van der Waals surface area contributed by atoms with Crippen molar-refractivity contribution in [3.63, 3.8) is 0 Å². The van der Waals surface area contributed by atoms with Crippen LogP contribution in [0.25, 0.3) is 123 Å². The molecule has 0 spiro atoms. The fourth-order valence-electron chi connectivity index (χ4n) is 9.86. The lowest BCUT2D eigenvalue weighted by Crippen LogP contribution is -2.07. The monoisotopic (exact) mass is 868 g/mol. The first kappa shape index (κ1) is 39.1. The number of hydrogen-bond donors (Lipinski definition) is 0. The molecule has 0 unspecified atom stereocenters. The fraction of sp³-hybridized carbons (Fsp3) is 0. The second kappa shape index (κ2) is 16.3. The molecular formula is C62H40N6. The van der Waals surface area contributed by atoms with Crippen molar-refractivity contribution in [3.8, 4) is 79.2 Å². The average Bonchev–Trinajstić information content (AvgIpc) is 3.95. The van der Waals surface area contributed by atoms with Crippen molar-refractivity contribution in [2.24, 2.45) is 0 Å². The lowest BCUT2D eigenvalue weighted by Gasteiger charge is -2.15. The van der Waals surface area contributed by atoms with Crippen LogP contribution >= 0.6 is 0 Å². The SMILES string of the molecule is c1ccc(-c2cc(-c3ccccc3)nc(-c3cccc(-n4c5ccccc5c5ccc6c7ccccc7n(-c7nc(-c8ccccc8)nc(-c8ccccc8-c8ccccc8)n7)c6c54)c3)c2)cc1. The van der Waals surface area contributed by atoms with Crippen LogP contribution in [0.2, 0.25) is 0 Å². The van der Waals surface area contributed by atoms with Crippen molar-refractivity contribution in [2.45, 2.75) is 0 Å². The maximum absolute atomic E-state index is 5.46. The number of nitrogens with zero attached hydrogens (tertiary/aromatic N) is 6. The van der Waals surface area contributed by atoms with E-state index >= 15 is 0 Å². The Hall–Kier alpha value is -9.26. The van der Waals surface area contributed by atoms with Gasteiger partial charge in [0.25, 0.3) is 0 Å². The summed E-state index contributed by atoms with van der Waals surface area (Å²) in [6, 6.07) is 85.0. The zero-order valence-corrected chi connectivity index (χ0v) is 36.8. The minimum Gasteiger partial charge on any atom is -0.307 e. The van der Waals surface area contributed by atoms with Crippen LogP contribution in [0, 0.1) is 0 Å². The molecule has 13 aromatic rings. The summed E-state index contributed by atoms with van der Waals surface area (Å²) >= 11 is 0. The van der Waals surface area contributed by atoms with Crippen molar-refractivity contribution in [1.82, 2.24) is 29.1 Å². The van der Waals surface area contributed by atoms with Gasteiger partial charge in [-0.3, -0.25) is 4.57 Å². The van der Waals surface area contributed by atoms with Crippen LogP contribution in [0.1, 0.15) is 0 Å². The van der Waals surface area contributed by atoms with Crippen molar-refractivity contribution in [2.75, 3.05) is 0 Å². The molecule has 0 fully saturated rings. The predicted molar refractivity (Wildman–Crippen MR) is 279 cm³/mol. The Labute approximate surface area is 392 Å². The molecule has 13 rings (SSSR count). The van der Waals surface area contributed by atoms with E-state index in [9.17, 15) is 0 Å². The van der Waals surface area contributed by atoms with Gasteiger partial charge in [0.1, 0.15) is 0 Å². The Balaban J connectivity index is 1.09. The summed E-state index contributed by atoms with van der Waals surface area (Å²) in [6.07, 6.45) is 0. The highest BCUT2D eigenvalue weighted by Gasteiger charge is 2.24. The second-order valence-corrected chi connectivity index (χ2v) is 17.0. The summed E-state index contributed by atoms with van der Waals surface area (Å²) in [5.74, 6) is 1.73. The molecule has 0 saturated heterocycles. The number of aromatic nitrogens is 6. The third-order valence-corrected chi connectivity index (χ3v) is 13.0. The summed E-state index contributed by atoms with van der Waals surface area (Å²) in [6.45, 7) is 0. The van der Waals surface area contributed by atoms with Crippen molar-refractivity contribution < 1.29 is 0 Å². The lowest BCUT2D eigenvalue weighted by atomic mass is 9.99. The highest BCUT2D eigenvalue weighted by molar-refractivity contribution is 6.23. The second-order valence-electron chi connectivity index (χ2n) is 17.0. The first-order chi connectivity index (χ1) is 33.7. The molecule has 0 saturated carbocycles. The fourth-order valence-corrected chi connectivity index (χ4v) is 9.86. The van der Waals surface area contributed by atoms with Crippen molar-refractivity contribution in [3.05, 3.63) is 243 Å². The highest BCUT2D eigenvalue weighted by Crippen LogP contribution is 2.43. The number of fused-ring (bicyclic) bond motifs is 7. The minimum atomic E-state index is 0.538. The normalized spacial score (nSPS) is 11.5. The van der Waals surface area contributed by atoms with Crippen LogP contribution in [0.4, 0.5) is 0 Å². The number of benzene rings is 9. The Bertz CT molecular complexity index is 3950. The van der Waals surface area contributed by atoms with Crippen LogP contribution in [-0.4, -0.2) is 29.1 Å². The third-order valence-electron chi connectivity index (χ3n) is 13.0. The Kier molecular flexibility index (Phi) is 9.39. The standard InChI is InChI=1S/C62H40N6/c1-5-20-41(21-6-1)46-39-54(43-24-9-3-10-25-43)63-55(40-46)45-28-19-29-47(38-45)67-56-34-17-15-31-49(56)51-36-37-52-50-32-16-18-35-57(50)68(59(52)58(51)67)62-65-60(44-26-11-4-12-27-44)64-61(66-62)53-33-14-13-30-48(53)42-22-7-2-8-23-42/h1-40H. The van der Waals surface area contributed by atoms with Gasteiger partial charge in [0.05, 0.1) is 33.5 Å². The summed E-state index contributed by atoms with van der Waals surface area (Å²) in [5, 5.41) is 4.49. The summed E-state index contributed by atoms with van der Waals surface area (Å²) < 4.78 is 4.67. The first-order valence-corrected chi connectivity index (χ1v) is 22.9. The number of hydrogen-bond acceptors (Lipinski definition) is 4. The van der Waals surface area contributed by atoms with Gasteiger partial charge in [0.15, 0.2) is 11.6 Å². The van der Waals surface area contributed by atoms with Crippen LogP contribution in [-0.2, 0) is 0 Å². The van der Waals surface area contributed by atoms with E-state index in [0.29, 0.717) is 17.6 Å². The Morgan fingerprint density at radius 2 is 0.750 bits per heavy atom. The van der Waals surface area contributed by atoms with Gasteiger partial charge in [-0.05, 0) is 58.7 Å². The summed E-state index contributed by atoms with van der Waals surface area (Å²) in [4.78, 5) is 21.4. The van der Waals surface area contributed by atoms with Crippen LogP contribution in [0.5, 0.6) is 0 Å². The van der Waals surface area contributed by atoms with Gasteiger partial charge in [-0.25, -0.2) is 9.97 Å². The van der Waals surface area contributed by atoms with Crippen LogP contribution < -0.4 is 0 Å². The molecule has 0 bridgehead atoms. The first-order valence-electron chi connectivity index (χ1n) is 22.9. The van der Waals surface area contributed by atoms with E-state index in [2.05, 4.69) is 221 Å². The van der Waals surface area contributed by atoms with Gasteiger partial charge in [0.2, 0.25) is 5.95 Å². The molecule has 4 heterocycles. The van der Waals surface area contributed by atoms with Gasteiger partial charge >= 0.3 is 0 Å². The molecule has 0 aliphatic rings. The molecule has 68 heavy (non-hydrogen) atoms. The summed E-state index contributed by atoms with van der Waals surface area (Å²) in [5.41, 5.74) is 15.3. The molecule has 6 nitrogen and oxygen atoms in total. The maximum Gasteiger partial charge on any atom is 0.238 e. The molecule has 318 valence electrons. The molecular weight excluding hydrogens is 829 g/mol. The Morgan fingerprint density at radius 3 is 1.41 bits per heavy atom. The predicted octanol–water partition coefficient (Wildman–Crippen LogP) is 15.5. The van der Waals surface area contributed by atoms with Crippen LogP contribution in [0.15, 0.2) is 243 Å². The van der Waals surface area contributed by atoms with E-state index in [4.69, 9.17) is 19.9 Å². The molecule has 6 heteroatoms. The van der Waals surface area contributed by atoms with Gasteiger partial charge in [-0.15, -0.1) is 0 Å². The molecule has 0 atom stereocenters. The molecule has 0 amide bonds. The number of pyridine rings is 1. The summed E-state index contributed by atoms with van der Waals surface area (Å²) in [7, 11) is 0. The van der Waals surface area contributed by atoms with Gasteiger partial charge in [-0.1, -0.05) is 206 Å². The van der Waals surface area contributed by atoms with E-state index in [0.717, 1.165) is 105 Å². The number of para-hydroxylation sites is 2. The molecule has 0 aliphatic carbocycles. The smallest absolute Gasteiger partial charge is 0.238 e. The highest BCUT2D eigenvalue weighted by atomic mass is 15.2. The topological polar surface area (TPSA) is 61.4 Å². The largest absolute Gasteiger partial charge is 0.307 e. The van der Waals surface area contributed by atoms with E-state index in [1.165, 1.54) is 0 Å². The lowest BCUT2D eigenvalue weighted by molar-refractivity contribution is 0.953. The van der Waals surface area contributed by atoms with Crippen LogP contribution in [0.3, 0.4) is 0 Å². The molecule has 0 radical (unpaired) electrons. The van der Waals surface area contributed by atoms with Gasteiger partial charge < -0.3 is 4.57 Å². The molecule has 0 aliphatic heterocycles. The van der Waals surface area contributed by atoms with Crippen molar-refractivity contribution >= 4 is 43.6 Å².